The van der Waals surface area contributed by atoms with Gasteiger partial charge < -0.3 is 9.94 Å². The van der Waals surface area contributed by atoms with Crippen molar-refractivity contribution in [2.24, 2.45) is 5.16 Å². The molecule has 1 N–H and O–H groups in total. The summed E-state index contributed by atoms with van der Waals surface area (Å²) in [6, 6.07) is 16.6. The third-order valence-electron chi connectivity index (χ3n) is 3.32. The average molecular weight is 339 g/mol. The van der Waals surface area contributed by atoms with Crippen LogP contribution < -0.4 is 0 Å². The molecule has 0 aliphatic carbocycles. The minimum Gasteiger partial charge on any atom is -0.350 e. The highest BCUT2D eigenvalue weighted by molar-refractivity contribution is 7.99. The lowest BCUT2D eigenvalue weighted by molar-refractivity contribution is -0.355. The van der Waals surface area contributed by atoms with E-state index in [1.54, 1.807) is 36.0 Å². The molecule has 120 valence electrons. The van der Waals surface area contributed by atoms with E-state index in [4.69, 9.17) is 0 Å². The van der Waals surface area contributed by atoms with E-state index in [9.17, 15) is 18.3 Å². The first-order valence-corrected chi connectivity index (χ1v) is 7.56. The molecule has 1 heterocycles. The number of alkyl halides is 3. The standard InChI is InChI=1S/C16H12F3NO2S/c17-16(18,19)15(21)10-14(20-22-15)11-6-8-13(9-7-11)23-12-4-2-1-3-5-12/h1-9,21H,10H2. The van der Waals surface area contributed by atoms with Gasteiger partial charge in [0.1, 0.15) is 0 Å². The number of nitrogens with zero attached hydrogens (tertiary/aromatic N) is 1. The summed E-state index contributed by atoms with van der Waals surface area (Å²) in [5.41, 5.74) is 0.559. The molecule has 1 aliphatic rings. The summed E-state index contributed by atoms with van der Waals surface area (Å²) in [6.45, 7) is 0. The van der Waals surface area contributed by atoms with Gasteiger partial charge in [0, 0.05) is 9.79 Å². The Morgan fingerprint density at radius 2 is 1.61 bits per heavy atom. The molecule has 0 fully saturated rings. The fourth-order valence-corrected chi connectivity index (χ4v) is 2.91. The van der Waals surface area contributed by atoms with Crippen LogP contribution in [-0.4, -0.2) is 22.8 Å². The molecule has 0 saturated heterocycles. The van der Waals surface area contributed by atoms with Gasteiger partial charge in [-0.05, 0) is 29.8 Å². The molecule has 0 spiro atoms. The highest BCUT2D eigenvalue weighted by Gasteiger charge is 2.60. The summed E-state index contributed by atoms with van der Waals surface area (Å²) >= 11 is 1.54. The molecule has 0 aromatic heterocycles. The summed E-state index contributed by atoms with van der Waals surface area (Å²) < 4.78 is 38.1. The summed E-state index contributed by atoms with van der Waals surface area (Å²) in [4.78, 5) is 6.22. The van der Waals surface area contributed by atoms with Crippen molar-refractivity contribution in [3.63, 3.8) is 0 Å². The van der Waals surface area contributed by atoms with Crippen molar-refractivity contribution in [3.05, 3.63) is 60.2 Å². The quantitative estimate of drug-likeness (QED) is 0.911. The number of rotatable bonds is 3. The first-order chi connectivity index (χ1) is 10.9. The lowest BCUT2D eigenvalue weighted by Crippen LogP contribution is -2.45. The molecule has 1 atom stereocenters. The Labute approximate surface area is 134 Å². The topological polar surface area (TPSA) is 41.8 Å². The molecule has 1 unspecified atom stereocenters. The minimum atomic E-state index is -4.89. The molecule has 0 amide bonds. The van der Waals surface area contributed by atoms with Gasteiger partial charge in [-0.15, -0.1) is 0 Å². The second kappa shape index (κ2) is 5.90. The molecule has 7 heteroatoms. The van der Waals surface area contributed by atoms with E-state index in [0.29, 0.717) is 5.56 Å². The Bertz CT molecular complexity index is 716. The van der Waals surface area contributed by atoms with Crippen molar-refractivity contribution in [2.75, 3.05) is 0 Å². The smallest absolute Gasteiger partial charge is 0.350 e. The van der Waals surface area contributed by atoms with Crippen molar-refractivity contribution in [1.82, 2.24) is 0 Å². The Hall–Kier alpha value is -1.99. The first kappa shape index (κ1) is 15.9. The summed E-state index contributed by atoms with van der Waals surface area (Å²) in [5.74, 6) is -3.24. The monoisotopic (exact) mass is 339 g/mol. The SMILES string of the molecule is OC1(C(F)(F)F)CC(c2ccc(Sc3ccccc3)cc2)=NO1. The molecule has 0 saturated carbocycles. The zero-order valence-electron chi connectivity index (χ0n) is 11.7. The van der Waals surface area contributed by atoms with Gasteiger partial charge in [-0.2, -0.15) is 13.2 Å². The van der Waals surface area contributed by atoms with Gasteiger partial charge in [0.2, 0.25) is 0 Å². The van der Waals surface area contributed by atoms with Crippen LogP contribution in [0.1, 0.15) is 12.0 Å². The number of halogens is 3. The molecule has 0 bridgehead atoms. The van der Waals surface area contributed by atoms with E-state index in [2.05, 4.69) is 9.99 Å². The van der Waals surface area contributed by atoms with Crippen molar-refractivity contribution < 1.29 is 23.1 Å². The second-order valence-electron chi connectivity index (χ2n) is 5.03. The lowest BCUT2D eigenvalue weighted by Gasteiger charge is -2.22. The van der Waals surface area contributed by atoms with E-state index in [1.807, 2.05) is 30.3 Å². The van der Waals surface area contributed by atoms with Crippen LogP contribution in [0.2, 0.25) is 0 Å². The van der Waals surface area contributed by atoms with Crippen LogP contribution in [0.4, 0.5) is 13.2 Å². The number of hydrogen-bond acceptors (Lipinski definition) is 4. The van der Waals surface area contributed by atoms with Crippen molar-refractivity contribution in [3.8, 4) is 0 Å². The van der Waals surface area contributed by atoms with E-state index in [-0.39, 0.29) is 5.71 Å². The molecular formula is C16H12F3NO2S. The maximum Gasteiger partial charge on any atom is 0.458 e. The van der Waals surface area contributed by atoms with Crippen molar-refractivity contribution >= 4 is 17.5 Å². The molecule has 3 rings (SSSR count). The van der Waals surface area contributed by atoms with E-state index < -0.39 is 18.4 Å². The van der Waals surface area contributed by atoms with Gasteiger partial charge in [0.15, 0.2) is 0 Å². The van der Waals surface area contributed by atoms with Gasteiger partial charge in [-0.3, -0.25) is 0 Å². The third kappa shape index (κ3) is 3.35. The Kier molecular flexibility index (Phi) is 4.08. The van der Waals surface area contributed by atoms with Crippen LogP contribution in [0.25, 0.3) is 0 Å². The highest BCUT2D eigenvalue weighted by Crippen LogP contribution is 2.39. The second-order valence-corrected chi connectivity index (χ2v) is 6.17. The molecule has 23 heavy (non-hydrogen) atoms. The van der Waals surface area contributed by atoms with Crippen LogP contribution in [0, 0.1) is 0 Å². The van der Waals surface area contributed by atoms with Gasteiger partial charge >= 0.3 is 12.0 Å². The number of oxime groups is 1. The normalized spacial score (nSPS) is 21.0. The van der Waals surface area contributed by atoms with Gasteiger partial charge in [0.05, 0.1) is 12.1 Å². The van der Waals surface area contributed by atoms with Crippen molar-refractivity contribution in [2.45, 2.75) is 28.2 Å². The van der Waals surface area contributed by atoms with Gasteiger partial charge in [-0.25, -0.2) is 0 Å². The number of hydrogen-bond donors (Lipinski definition) is 1. The maximum absolute atomic E-state index is 12.7. The van der Waals surface area contributed by atoms with E-state index in [0.717, 1.165) is 9.79 Å². The highest BCUT2D eigenvalue weighted by atomic mass is 32.2. The third-order valence-corrected chi connectivity index (χ3v) is 4.34. The summed E-state index contributed by atoms with van der Waals surface area (Å²) in [6.07, 6.45) is -5.61. The molecule has 2 aromatic carbocycles. The molecule has 2 aromatic rings. The fourth-order valence-electron chi connectivity index (χ4n) is 2.07. The largest absolute Gasteiger partial charge is 0.458 e. The molecule has 0 radical (unpaired) electrons. The zero-order chi connectivity index (χ0) is 16.5. The van der Waals surface area contributed by atoms with Crippen LogP contribution in [0.3, 0.4) is 0 Å². The van der Waals surface area contributed by atoms with Crippen LogP contribution in [0.15, 0.2) is 69.5 Å². The minimum absolute atomic E-state index is 0.0705. The zero-order valence-corrected chi connectivity index (χ0v) is 12.6. The number of benzene rings is 2. The first-order valence-electron chi connectivity index (χ1n) is 6.75. The Morgan fingerprint density at radius 3 is 2.17 bits per heavy atom. The summed E-state index contributed by atoms with van der Waals surface area (Å²) in [5, 5.41) is 12.8. The number of aliphatic hydroxyl groups is 1. The fraction of sp³-hybridized carbons (Fsp3) is 0.188. The maximum atomic E-state index is 12.7. The van der Waals surface area contributed by atoms with Crippen LogP contribution >= 0.6 is 11.8 Å². The van der Waals surface area contributed by atoms with Gasteiger partial charge in [0.25, 0.3) is 0 Å². The van der Waals surface area contributed by atoms with E-state index >= 15 is 0 Å². The predicted molar refractivity (Wildman–Crippen MR) is 80.3 cm³/mol. The molecule has 3 nitrogen and oxygen atoms in total. The van der Waals surface area contributed by atoms with E-state index in [1.165, 1.54) is 0 Å². The van der Waals surface area contributed by atoms with Crippen LogP contribution in [0.5, 0.6) is 0 Å². The predicted octanol–water partition coefficient (Wildman–Crippen LogP) is 4.21. The molecule has 1 aliphatic heterocycles. The molecular weight excluding hydrogens is 327 g/mol. The lowest BCUT2D eigenvalue weighted by atomic mass is 10.0. The Balaban J connectivity index is 1.71. The van der Waals surface area contributed by atoms with Gasteiger partial charge in [-0.1, -0.05) is 47.2 Å². The Morgan fingerprint density at radius 1 is 1.00 bits per heavy atom. The van der Waals surface area contributed by atoms with Crippen LogP contribution in [-0.2, 0) is 4.84 Å². The average Bonchev–Trinajstić information content (AvgIpc) is 2.93. The van der Waals surface area contributed by atoms with Crippen molar-refractivity contribution in [1.29, 1.82) is 0 Å². The summed E-state index contributed by atoms with van der Waals surface area (Å²) in [7, 11) is 0.